The first-order chi connectivity index (χ1) is 7.28. The van der Waals surface area contributed by atoms with Gasteiger partial charge in [-0.25, -0.2) is 4.98 Å². The quantitative estimate of drug-likeness (QED) is 0.809. The van der Waals surface area contributed by atoms with Gasteiger partial charge in [0.1, 0.15) is 5.75 Å². The number of aromatic nitrogens is 1. The van der Waals surface area contributed by atoms with Crippen LogP contribution >= 0.6 is 11.3 Å². The molecule has 0 saturated carbocycles. The molecule has 0 saturated heterocycles. The third-order valence-electron chi connectivity index (χ3n) is 1.98. The number of rotatable bonds is 3. The van der Waals surface area contributed by atoms with Gasteiger partial charge in [-0.2, -0.15) is 0 Å². The fourth-order valence-electron chi connectivity index (χ4n) is 1.13. The molecule has 0 fully saturated rings. The number of anilines is 1. The summed E-state index contributed by atoms with van der Waals surface area (Å²) < 4.78 is 5.57. The molecule has 1 heterocycles. The van der Waals surface area contributed by atoms with E-state index in [0.717, 1.165) is 23.6 Å². The Morgan fingerprint density at radius 3 is 2.67 bits per heavy atom. The zero-order valence-electron chi connectivity index (χ0n) is 8.43. The maximum atomic E-state index is 5.58. The van der Waals surface area contributed by atoms with Gasteiger partial charge in [0.2, 0.25) is 0 Å². The highest BCUT2D eigenvalue weighted by Crippen LogP contribution is 2.25. The normalized spacial score (nSPS) is 10.2. The molecule has 0 aliphatic carbocycles. The predicted octanol–water partition coefficient (Wildman–Crippen LogP) is 3.08. The molecular weight excluding hydrogens is 208 g/mol. The van der Waals surface area contributed by atoms with Crippen LogP contribution in [0.15, 0.2) is 29.6 Å². The van der Waals surface area contributed by atoms with Crippen molar-refractivity contribution in [1.29, 1.82) is 0 Å². The van der Waals surface area contributed by atoms with E-state index in [2.05, 4.69) is 11.9 Å². The summed E-state index contributed by atoms with van der Waals surface area (Å²) in [7, 11) is 0. The second kappa shape index (κ2) is 4.31. The lowest BCUT2D eigenvalue weighted by molar-refractivity contribution is 0.477. The molecule has 0 radical (unpaired) electrons. The monoisotopic (exact) mass is 220 g/mol. The van der Waals surface area contributed by atoms with Gasteiger partial charge < -0.3 is 10.5 Å². The predicted molar refractivity (Wildman–Crippen MR) is 62.4 cm³/mol. The first kappa shape index (κ1) is 9.98. The van der Waals surface area contributed by atoms with Crippen LogP contribution in [0.1, 0.15) is 12.6 Å². The number of thiazole rings is 1. The van der Waals surface area contributed by atoms with Gasteiger partial charge in [0.15, 0.2) is 0 Å². The van der Waals surface area contributed by atoms with Crippen molar-refractivity contribution in [3.05, 3.63) is 35.3 Å². The van der Waals surface area contributed by atoms with Crippen molar-refractivity contribution in [2.45, 2.75) is 13.3 Å². The summed E-state index contributed by atoms with van der Waals surface area (Å²) in [6.45, 7) is 2.07. The van der Waals surface area contributed by atoms with E-state index in [1.807, 2.05) is 29.6 Å². The van der Waals surface area contributed by atoms with E-state index in [1.54, 1.807) is 0 Å². The van der Waals surface area contributed by atoms with E-state index in [0.29, 0.717) is 5.19 Å². The Morgan fingerprint density at radius 2 is 2.07 bits per heavy atom. The highest BCUT2D eigenvalue weighted by molar-refractivity contribution is 7.11. The Balaban J connectivity index is 2.11. The van der Waals surface area contributed by atoms with E-state index in [-0.39, 0.29) is 0 Å². The van der Waals surface area contributed by atoms with E-state index in [9.17, 15) is 0 Å². The van der Waals surface area contributed by atoms with E-state index in [1.165, 1.54) is 11.3 Å². The third-order valence-corrected chi connectivity index (χ3v) is 2.74. The van der Waals surface area contributed by atoms with Crippen molar-refractivity contribution in [2.24, 2.45) is 0 Å². The van der Waals surface area contributed by atoms with Gasteiger partial charge in [-0.1, -0.05) is 18.3 Å². The minimum atomic E-state index is 0.677. The zero-order valence-corrected chi connectivity index (χ0v) is 9.25. The molecule has 78 valence electrons. The van der Waals surface area contributed by atoms with Crippen LogP contribution in [0.25, 0.3) is 0 Å². The van der Waals surface area contributed by atoms with Crippen molar-refractivity contribution in [2.75, 3.05) is 5.73 Å². The molecule has 3 nitrogen and oxygen atoms in total. The van der Waals surface area contributed by atoms with Crippen LogP contribution in [0.4, 0.5) is 5.69 Å². The van der Waals surface area contributed by atoms with Crippen LogP contribution in [0.5, 0.6) is 10.9 Å². The van der Waals surface area contributed by atoms with Gasteiger partial charge in [0, 0.05) is 11.1 Å². The largest absolute Gasteiger partial charge is 0.431 e. The summed E-state index contributed by atoms with van der Waals surface area (Å²) in [5.74, 6) is 0.765. The zero-order chi connectivity index (χ0) is 10.7. The Morgan fingerprint density at radius 1 is 1.33 bits per heavy atom. The van der Waals surface area contributed by atoms with Gasteiger partial charge in [0.25, 0.3) is 5.19 Å². The molecule has 2 aromatic rings. The van der Waals surface area contributed by atoms with Gasteiger partial charge >= 0.3 is 0 Å². The minimum absolute atomic E-state index is 0.677. The first-order valence-corrected chi connectivity index (χ1v) is 5.63. The number of nitrogens with zero attached hydrogens (tertiary/aromatic N) is 1. The average Bonchev–Trinajstić information content (AvgIpc) is 2.69. The molecule has 0 spiro atoms. The molecule has 0 amide bonds. The lowest BCUT2D eigenvalue weighted by Crippen LogP contribution is -1.86. The smallest absolute Gasteiger partial charge is 0.278 e. The fourth-order valence-corrected chi connectivity index (χ4v) is 1.90. The number of benzene rings is 1. The lowest BCUT2D eigenvalue weighted by atomic mass is 10.3. The summed E-state index contributed by atoms with van der Waals surface area (Å²) in [5, 5.41) is 2.68. The van der Waals surface area contributed by atoms with E-state index < -0.39 is 0 Å². The second-order valence-corrected chi connectivity index (χ2v) is 3.95. The molecule has 0 unspecified atom stereocenters. The lowest BCUT2D eigenvalue weighted by Gasteiger charge is -2.01. The summed E-state index contributed by atoms with van der Waals surface area (Å²) >= 11 is 1.51. The summed E-state index contributed by atoms with van der Waals surface area (Å²) in [6, 6.07) is 7.29. The third kappa shape index (κ3) is 2.47. The highest BCUT2D eigenvalue weighted by atomic mass is 32.1. The summed E-state index contributed by atoms with van der Waals surface area (Å²) in [5.41, 5.74) is 7.37. The maximum absolute atomic E-state index is 5.58. The van der Waals surface area contributed by atoms with E-state index in [4.69, 9.17) is 10.5 Å². The number of nitrogens with two attached hydrogens (primary N) is 1. The SMILES string of the molecule is CCc1csc(Oc2ccc(N)cc2)n1. The maximum Gasteiger partial charge on any atom is 0.278 e. The van der Waals surface area contributed by atoms with Gasteiger partial charge in [-0.15, -0.1) is 0 Å². The van der Waals surface area contributed by atoms with Crippen molar-refractivity contribution < 1.29 is 4.74 Å². The Kier molecular flexibility index (Phi) is 2.87. The van der Waals surface area contributed by atoms with Crippen molar-refractivity contribution in [1.82, 2.24) is 4.98 Å². The van der Waals surface area contributed by atoms with Gasteiger partial charge in [0.05, 0.1) is 5.69 Å². The van der Waals surface area contributed by atoms with Crippen LogP contribution < -0.4 is 10.5 Å². The van der Waals surface area contributed by atoms with Crippen molar-refractivity contribution >= 4 is 17.0 Å². The molecule has 4 heteroatoms. The molecule has 2 rings (SSSR count). The van der Waals surface area contributed by atoms with Crippen LogP contribution in [-0.4, -0.2) is 4.98 Å². The van der Waals surface area contributed by atoms with Crippen molar-refractivity contribution in [3.8, 4) is 10.9 Å². The highest BCUT2D eigenvalue weighted by Gasteiger charge is 2.02. The Hall–Kier alpha value is -1.55. The van der Waals surface area contributed by atoms with Crippen LogP contribution in [-0.2, 0) is 6.42 Å². The number of nitrogen functional groups attached to an aromatic ring is 1. The van der Waals surface area contributed by atoms with Gasteiger partial charge in [-0.05, 0) is 30.7 Å². The molecule has 0 aliphatic heterocycles. The molecular formula is C11H12N2OS. The fraction of sp³-hybridized carbons (Fsp3) is 0.182. The van der Waals surface area contributed by atoms with Crippen LogP contribution in [0.3, 0.4) is 0 Å². The van der Waals surface area contributed by atoms with Gasteiger partial charge in [-0.3, -0.25) is 0 Å². The number of aryl methyl sites for hydroxylation is 1. The Bertz CT molecular complexity index is 436. The Labute approximate surface area is 92.5 Å². The number of hydrogen-bond donors (Lipinski definition) is 1. The standard InChI is InChI=1S/C11H12N2OS/c1-2-9-7-15-11(13-9)14-10-5-3-8(12)4-6-10/h3-7H,2,12H2,1H3. The molecule has 0 atom stereocenters. The number of hydrogen-bond acceptors (Lipinski definition) is 4. The van der Waals surface area contributed by atoms with E-state index >= 15 is 0 Å². The molecule has 1 aromatic carbocycles. The van der Waals surface area contributed by atoms with Crippen LogP contribution in [0.2, 0.25) is 0 Å². The summed E-state index contributed by atoms with van der Waals surface area (Å²) in [4.78, 5) is 4.31. The first-order valence-electron chi connectivity index (χ1n) is 4.75. The minimum Gasteiger partial charge on any atom is -0.431 e. The topological polar surface area (TPSA) is 48.1 Å². The molecule has 0 bridgehead atoms. The number of ether oxygens (including phenoxy) is 1. The molecule has 1 aromatic heterocycles. The molecule has 0 aliphatic rings. The van der Waals surface area contributed by atoms with Crippen molar-refractivity contribution in [3.63, 3.8) is 0 Å². The molecule has 2 N–H and O–H groups in total. The summed E-state index contributed by atoms with van der Waals surface area (Å²) in [6.07, 6.45) is 0.932. The average molecular weight is 220 g/mol. The van der Waals surface area contributed by atoms with Crippen LogP contribution in [0, 0.1) is 0 Å². The molecule has 15 heavy (non-hydrogen) atoms. The second-order valence-electron chi connectivity index (χ2n) is 3.13.